The van der Waals surface area contributed by atoms with Crippen LogP contribution < -0.4 is 10.2 Å². The summed E-state index contributed by atoms with van der Waals surface area (Å²) in [5.74, 6) is -2.57. The number of hydrogen-bond donors (Lipinski definition) is 1. The Morgan fingerprint density at radius 3 is 2.38 bits per heavy atom. The van der Waals surface area contributed by atoms with Crippen LogP contribution in [0.25, 0.3) is 0 Å². The molecule has 1 aliphatic heterocycles. The van der Waals surface area contributed by atoms with E-state index in [2.05, 4.69) is 5.32 Å². The van der Waals surface area contributed by atoms with Gasteiger partial charge in [-0.3, -0.25) is 9.59 Å². The van der Waals surface area contributed by atoms with Crippen LogP contribution in [0.1, 0.15) is 22.3 Å². The van der Waals surface area contributed by atoms with Crippen LogP contribution in [0.5, 0.6) is 0 Å². The standard InChI is InChI=1S/C18H16F2N2O2/c1-11-2-4-15(5-3-11)22-7-6-16(18(22)24)21-17(23)12-8-13(19)10-14(20)9-12/h2-5,8-10,16H,6-7H2,1H3,(H,21,23)/t16-/m1/s1. The zero-order chi connectivity index (χ0) is 17.3. The average molecular weight is 330 g/mol. The monoisotopic (exact) mass is 330 g/mol. The van der Waals surface area contributed by atoms with Crippen molar-refractivity contribution in [2.75, 3.05) is 11.4 Å². The van der Waals surface area contributed by atoms with Crippen LogP contribution in [-0.2, 0) is 4.79 Å². The van der Waals surface area contributed by atoms with Crippen molar-refractivity contribution in [1.29, 1.82) is 0 Å². The Hall–Kier alpha value is -2.76. The maximum Gasteiger partial charge on any atom is 0.252 e. The number of carbonyl (C=O) groups is 2. The lowest BCUT2D eigenvalue weighted by molar-refractivity contribution is -0.118. The highest BCUT2D eigenvalue weighted by Crippen LogP contribution is 2.22. The largest absolute Gasteiger partial charge is 0.340 e. The minimum Gasteiger partial charge on any atom is -0.340 e. The molecular weight excluding hydrogens is 314 g/mol. The van der Waals surface area contributed by atoms with E-state index >= 15 is 0 Å². The molecule has 1 atom stereocenters. The van der Waals surface area contributed by atoms with Crippen molar-refractivity contribution in [2.24, 2.45) is 0 Å². The summed E-state index contributed by atoms with van der Waals surface area (Å²) in [7, 11) is 0. The molecule has 1 heterocycles. The van der Waals surface area contributed by atoms with Gasteiger partial charge in [-0.15, -0.1) is 0 Å². The second-order valence-electron chi connectivity index (χ2n) is 5.80. The third-order valence-electron chi connectivity index (χ3n) is 3.98. The van der Waals surface area contributed by atoms with E-state index in [1.54, 1.807) is 4.90 Å². The number of rotatable bonds is 3. The Balaban J connectivity index is 1.71. The average Bonchev–Trinajstić information content (AvgIpc) is 2.88. The molecule has 0 saturated carbocycles. The predicted molar refractivity (Wildman–Crippen MR) is 85.8 cm³/mol. The minimum absolute atomic E-state index is 0.144. The maximum absolute atomic E-state index is 13.2. The van der Waals surface area contributed by atoms with Crippen molar-refractivity contribution in [3.8, 4) is 0 Å². The summed E-state index contributed by atoms with van der Waals surface area (Å²) < 4.78 is 26.4. The van der Waals surface area contributed by atoms with Crippen molar-refractivity contribution in [3.05, 3.63) is 65.2 Å². The highest BCUT2D eigenvalue weighted by Gasteiger charge is 2.33. The molecule has 0 bridgehead atoms. The fourth-order valence-corrected chi connectivity index (χ4v) is 2.72. The summed E-state index contributed by atoms with van der Waals surface area (Å²) >= 11 is 0. The van der Waals surface area contributed by atoms with Crippen LogP contribution in [0, 0.1) is 18.6 Å². The Kier molecular flexibility index (Phi) is 4.29. The molecule has 2 aromatic carbocycles. The van der Waals surface area contributed by atoms with E-state index in [1.165, 1.54) is 0 Å². The smallest absolute Gasteiger partial charge is 0.252 e. The molecule has 124 valence electrons. The third-order valence-corrected chi connectivity index (χ3v) is 3.98. The lowest BCUT2D eigenvalue weighted by Gasteiger charge is -2.17. The number of hydrogen-bond acceptors (Lipinski definition) is 2. The molecule has 0 aliphatic carbocycles. The van der Waals surface area contributed by atoms with Gasteiger partial charge < -0.3 is 10.2 Å². The van der Waals surface area contributed by atoms with Crippen LogP contribution in [-0.4, -0.2) is 24.4 Å². The lowest BCUT2D eigenvalue weighted by atomic mass is 10.1. The molecule has 0 spiro atoms. The number of nitrogens with one attached hydrogen (secondary N) is 1. The summed E-state index contributed by atoms with van der Waals surface area (Å²) in [4.78, 5) is 26.2. The molecule has 1 saturated heterocycles. The fraction of sp³-hybridized carbons (Fsp3) is 0.222. The maximum atomic E-state index is 13.2. The Morgan fingerprint density at radius 1 is 1.12 bits per heavy atom. The van der Waals surface area contributed by atoms with Gasteiger partial charge in [-0.2, -0.15) is 0 Å². The summed E-state index contributed by atoms with van der Waals surface area (Å²) in [5, 5.41) is 2.55. The highest BCUT2D eigenvalue weighted by molar-refractivity contribution is 6.03. The van der Waals surface area contributed by atoms with Gasteiger partial charge in [0.05, 0.1) is 0 Å². The van der Waals surface area contributed by atoms with Gasteiger partial charge in [-0.25, -0.2) is 8.78 Å². The summed E-state index contributed by atoms with van der Waals surface area (Å²) in [5.41, 5.74) is 1.71. The topological polar surface area (TPSA) is 49.4 Å². The molecule has 0 radical (unpaired) electrons. The van der Waals surface area contributed by atoms with E-state index < -0.39 is 23.6 Å². The van der Waals surface area contributed by atoms with E-state index in [0.717, 1.165) is 23.4 Å². The first-order valence-corrected chi connectivity index (χ1v) is 7.59. The molecule has 2 amide bonds. The first-order valence-electron chi connectivity index (χ1n) is 7.59. The van der Waals surface area contributed by atoms with Gasteiger partial charge in [0.1, 0.15) is 17.7 Å². The Bertz CT molecular complexity index is 770. The molecular formula is C18H16F2N2O2. The van der Waals surface area contributed by atoms with Crippen LogP contribution in [0.15, 0.2) is 42.5 Å². The van der Waals surface area contributed by atoms with E-state index in [0.29, 0.717) is 19.0 Å². The molecule has 1 aliphatic rings. The van der Waals surface area contributed by atoms with Crippen molar-refractivity contribution < 1.29 is 18.4 Å². The van der Waals surface area contributed by atoms with Gasteiger partial charge in [-0.05, 0) is 37.6 Å². The van der Waals surface area contributed by atoms with Gasteiger partial charge in [0.25, 0.3) is 5.91 Å². The van der Waals surface area contributed by atoms with Gasteiger partial charge in [0.2, 0.25) is 5.91 Å². The Labute approximate surface area is 138 Å². The second kappa shape index (κ2) is 6.39. The van der Waals surface area contributed by atoms with E-state index in [4.69, 9.17) is 0 Å². The lowest BCUT2D eigenvalue weighted by Crippen LogP contribution is -2.41. The number of benzene rings is 2. The first-order chi connectivity index (χ1) is 11.4. The minimum atomic E-state index is -0.834. The SMILES string of the molecule is Cc1ccc(N2CC[C@@H](NC(=O)c3cc(F)cc(F)c3)C2=O)cc1. The van der Waals surface area contributed by atoms with Gasteiger partial charge in [0.15, 0.2) is 0 Å². The number of amides is 2. The highest BCUT2D eigenvalue weighted by atomic mass is 19.1. The predicted octanol–water partition coefficient (Wildman–Crippen LogP) is 2.81. The summed E-state index contributed by atoms with van der Waals surface area (Å²) in [6.45, 7) is 2.43. The molecule has 1 N–H and O–H groups in total. The first kappa shape index (κ1) is 16.1. The van der Waals surface area contributed by atoms with Crippen LogP contribution in [0.4, 0.5) is 14.5 Å². The molecule has 1 fully saturated rings. The van der Waals surface area contributed by atoms with Crippen molar-refractivity contribution >= 4 is 17.5 Å². The van der Waals surface area contributed by atoms with Crippen LogP contribution in [0.2, 0.25) is 0 Å². The van der Waals surface area contributed by atoms with Crippen molar-refractivity contribution in [2.45, 2.75) is 19.4 Å². The zero-order valence-corrected chi connectivity index (χ0v) is 13.1. The molecule has 6 heteroatoms. The number of carbonyl (C=O) groups excluding carboxylic acids is 2. The fourth-order valence-electron chi connectivity index (χ4n) is 2.72. The van der Waals surface area contributed by atoms with E-state index in [-0.39, 0.29) is 11.5 Å². The molecule has 4 nitrogen and oxygen atoms in total. The molecule has 3 rings (SSSR count). The molecule has 0 unspecified atom stereocenters. The van der Waals surface area contributed by atoms with Crippen molar-refractivity contribution in [3.63, 3.8) is 0 Å². The van der Waals surface area contributed by atoms with E-state index in [1.807, 2.05) is 31.2 Å². The Morgan fingerprint density at radius 2 is 1.75 bits per heavy atom. The van der Waals surface area contributed by atoms with E-state index in [9.17, 15) is 18.4 Å². The third kappa shape index (κ3) is 3.27. The van der Waals surface area contributed by atoms with Crippen LogP contribution in [0.3, 0.4) is 0 Å². The second-order valence-corrected chi connectivity index (χ2v) is 5.80. The summed E-state index contributed by atoms with van der Waals surface area (Å²) in [6, 6.07) is 9.37. The van der Waals surface area contributed by atoms with Crippen molar-refractivity contribution in [1.82, 2.24) is 5.32 Å². The molecule has 0 aromatic heterocycles. The zero-order valence-electron chi connectivity index (χ0n) is 13.1. The van der Waals surface area contributed by atoms with Gasteiger partial charge in [-0.1, -0.05) is 17.7 Å². The molecule has 2 aromatic rings. The summed E-state index contributed by atoms with van der Waals surface area (Å²) in [6.07, 6.45) is 0.441. The van der Waals surface area contributed by atoms with Gasteiger partial charge in [0, 0.05) is 23.9 Å². The quantitative estimate of drug-likeness (QED) is 0.941. The number of nitrogens with zero attached hydrogens (tertiary/aromatic N) is 1. The number of halogens is 2. The van der Waals surface area contributed by atoms with Crippen LogP contribution >= 0.6 is 0 Å². The number of anilines is 1. The van der Waals surface area contributed by atoms with Gasteiger partial charge >= 0.3 is 0 Å². The normalized spacial score (nSPS) is 17.2. The molecule has 24 heavy (non-hydrogen) atoms. The number of aryl methyl sites for hydroxylation is 1.